The van der Waals surface area contributed by atoms with Gasteiger partial charge < -0.3 is 10.2 Å². The quantitative estimate of drug-likeness (QED) is 0.861. The van der Waals surface area contributed by atoms with Gasteiger partial charge in [0, 0.05) is 25.7 Å². The lowest BCUT2D eigenvalue weighted by molar-refractivity contribution is -0.139. The summed E-state index contributed by atoms with van der Waals surface area (Å²) in [5.74, 6) is 0.357. The Morgan fingerprint density at radius 2 is 1.72 bits per heavy atom. The van der Waals surface area contributed by atoms with Gasteiger partial charge >= 0.3 is 0 Å². The van der Waals surface area contributed by atoms with Gasteiger partial charge in [0.1, 0.15) is 0 Å². The third-order valence-corrected chi connectivity index (χ3v) is 5.34. The molecule has 1 N–H and O–H groups in total. The van der Waals surface area contributed by atoms with Gasteiger partial charge in [0.15, 0.2) is 0 Å². The third kappa shape index (κ3) is 5.85. The average Bonchev–Trinajstić information content (AvgIpc) is 2.62. The van der Waals surface area contributed by atoms with E-state index in [1.165, 1.54) is 18.4 Å². The fourth-order valence-corrected chi connectivity index (χ4v) is 3.88. The molecule has 1 aromatic rings. The minimum absolute atomic E-state index is 0. The minimum atomic E-state index is 0. The molecule has 0 aromatic heterocycles. The molecular weight excluding hydrogens is 357 g/mol. The maximum atomic E-state index is 13.0. The monoisotopic (exact) mass is 387 g/mol. The smallest absolute Gasteiger partial charge is 0.239 e. The summed E-state index contributed by atoms with van der Waals surface area (Å²) in [6, 6.07) is 11.2. The Kier molecular flexibility index (Phi) is 9.80. The van der Waals surface area contributed by atoms with Gasteiger partial charge in [-0.05, 0) is 44.8 Å². The first-order valence-electron chi connectivity index (χ1n) is 9.02. The van der Waals surface area contributed by atoms with Crippen LogP contribution in [0.5, 0.6) is 0 Å². The van der Waals surface area contributed by atoms with Crippen molar-refractivity contribution in [2.75, 3.05) is 26.7 Å². The number of halogens is 2. The van der Waals surface area contributed by atoms with Crippen LogP contribution in [0.2, 0.25) is 0 Å². The van der Waals surface area contributed by atoms with Crippen molar-refractivity contribution >= 4 is 30.7 Å². The Bertz CT molecular complexity index is 507. The van der Waals surface area contributed by atoms with E-state index in [0.717, 1.165) is 45.4 Å². The van der Waals surface area contributed by atoms with Crippen molar-refractivity contribution in [2.24, 2.45) is 0 Å². The molecular formula is C19H31Cl2N3O. The molecule has 25 heavy (non-hydrogen) atoms. The van der Waals surface area contributed by atoms with E-state index >= 15 is 0 Å². The van der Waals surface area contributed by atoms with Crippen LogP contribution in [0.25, 0.3) is 0 Å². The normalized spacial score (nSPS) is 22.0. The molecule has 1 atom stereocenters. The van der Waals surface area contributed by atoms with Crippen LogP contribution in [0.4, 0.5) is 0 Å². The van der Waals surface area contributed by atoms with Gasteiger partial charge in [-0.25, -0.2) is 0 Å². The van der Waals surface area contributed by atoms with Crippen LogP contribution in [-0.4, -0.2) is 54.5 Å². The molecule has 2 fully saturated rings. The summed E-state index contributed by atoms with van der Waals surface area (Å²) in [6.07, 6.45) is 5.55. The van der Waals surface area contributed by atoms with Gasteiger partial charge in [-0.15, -0.1) is 24.8 Å². The van der Waals surface area contributed by atoms with E-state index in [9.17, 15) is 4.79 Å². The van der Waals surface area contributed by atoms with Gasteiger partial charge in [0.25, 0.3) is 0 Å². The molecule has 1 unspecified atom stereocenters. The zero-order valence-corrected chi connectivity index (χ0v) is 16.7. The number of amides is 1. The van der Waals surface area contributed by atoms with E-state index in [1.807, 2.05) is 13.1 Å². The predicted octanol–water partition coefficient (Wildman–Crippen LogP) is 3.10. The highest BCUT2D eigenvalue weighted by Crippen LogP contribution is 2.23. The Labute approximate surface area is 164 Å². The summed E-state index contributed by atoms with van der Waals surface area (Å²) in [7, 11) is 2.02. The Hall–Kier alpha value is -0.810. The first-order valence-corrected chi connectivity index (χ1v) is 9.02. The van der Waals surface area contributed by atoms with Crippen LogP contribution < -0.4 is 5.32 Å². The zero-order valence-electron chi connectivity index (χ0n) is 15.0. The molecule has 2 saturated heterocycles. The highest BCUT2D eigenvalue weighted by molar-refractivity contribution is 5.85. The molecule has 6 heteroatoms. The molecule has 142 valence electrons. The van der Waals surface area contributed by atoms with Crippen molar-refractivity contribution in [1.29, 1.82) is 0 Å². The van der Waals surface area contributed by atoms with Gasteiger partial charge in [-0.1, -0.05) is 36.8 Å². The predicted molar refractivity (Wildman–Crippen MR) is 108 cm³/mol. The molecule has 0 saturated carbocycles. The highest BCUT2D eigenvalue weighted by Gasteiger charge is 2.33. The van der Waals surface area contributed by atoms with Crippen molar-refractivity contribution in [3.8, 4) is 0 Å². The highest BCUT2D eigenvalue weighted by atomic mass is 35.5. The summed E-state index contributed by atoms with van der Waals surface area (Å²) >= 11 is 0. The van der Waals surface area contributed by atoms with Crippen LogP contribution in [0.3, 0.4) is 0 Å². The molecule has 0 spiro atoms. The fraction of sp³-hybridized carbons (Fsp3) is 0.632. The second-order valence-electron chi connectivity index (χ2n) is 6.86. The van der Waals surface area contributed by atoms with Crippen LogP contribution in [0, 0.1) is 0 Å². The third-order valence-electron chi connectivity index (χ3n) is 5.34. The summed E-state index contributed by atoms with van der Waals surface area (Å²) in [6.45, 7) is 3.74. The van der Waals surface area contributed by atoms with Gasteiger partial charge in [0.2, 0.25) is 5.91 Å². The van der Waals surface area contributed by atoms with Crippen LogP contribution >= 0.6 is 24.8 Å². The van der Waals surface area contributed by atoms with Crippen molar-refractivity contribution < 1.29 is 4.79 Å². The number of carbonyl (C=O) groups excluding carboxylic acids is 1. The summed E-state index contributed by atoms with van der Waals surface area (Å²) in [4.78, 5) is 17.5. The minimum Gasteiger partial charge on any atom is -0.341 e. The summed E-state index contributed by atoms with van der Waals surface area (Å²) in [5, 5.41) is 3.34. The van der Waals surface area contributed by atoms with Crippen LogP contribution in [-0.2, 0) is 11.3 Å². The van der Waals surface area contributed by atoms with Gasteiger partial charge in [0.05, 0.1) is 6.04 Å². The van der Waals surface area contributed by atoms with E-state index in [4.69, 9.17) is 0 Å². The van der Waals surface area contributed by atoms with Crippen LogP contribution in [0.1, 0.15) is 37.7 Å². The lowest BCUT2D eigenvalue weighted by Gasteiger charge is -2.40. The number of likely N-dealkylation sites (tertiary alicyclic amines) is 2. The SMILES string of the molecule is CNC1CCN(C(=O)C2CCCCN2Cc2ccccc2)CC1.Cl.Cl. The van der Waals surface area contributed by atoms with E-state index < -0.39 is 0 Å². The zero-order chi connectivity index (χ0) is 16.1. The molecule has 0 aliphatic carbocycles. The lowest BCUT2D eigenvalue weighted by atomic mass is 9.98. The first kappa shape index (κ1) is 22.2. The maximum absolute atomic E-state index is 13.0. The molecule has 0 radical (unpaired) electrons. The molecule has 3 rings (SSSR count). The molecule has 1 amide bonds. The van der Waals surface area contributed by atoms with Crippen molar-refractivity contribution in [3.05, 3.63) is 35.9 Å². The molecule has 2 heterocycles. The van der Waals surface area contributed by atoms with Crippen molar-refractivity contribution in [2.45, 2.75) is 50.7 Å². The maximum Gasteiger partial charge on any atom is 0.239 e. The van der Waals surface area contributed by atoms with Gasteiger partial charge in [-0.3, -0.25) is 9.69 Å². The van der Waals surface area contributed by atoms with Crippen LogP contribution in [0.15, 0.2) is 30.3 Å². The second-order valence-corrected chi connectivity index (χ2v) is 6.86. The van der Waals surface area contributed by atoms with Crippen molar-refractivity contribution in [3.63, 3.8) is 0 Å². The summed E-state index contributed by atoms with van der Waals surface area (Å²) in [5.41, 5.74) is 1.31. The molecule has 2 aliphatic heterocycles. The lowest BCUT2D eigenvalue weighted by Crippen LogP contribution is -2.53. The Morgan fingerprint density at radius 3 is 2.36 bits per heavy atom. The largest absolute Gasteiger partial charge is 0.341 e. The Balaban J connectivity index is 0.00000156. The second kappa shape index (κ2) is 11.0. The van der Waals surface area contributed by atoms with E-state index in [2.05, 4.69) is 39.4 Å². The standard InChI is InChI=1S/C19H29N3O.2ClH/c1-20-17-10-13-21(14-11-17)19(23)18-9-5-6-12-22(18)15-16-7-3-2-4-8-16;;/h2-4,7-8,17-18,20H,5-6,9-15H2,1H3;2*1H. The van der Waals surface area contributed by atoms with Crippen molar-refractivity contribution in [1.82, 2.24) is 15.1 Å². The first-order chi connectivity index (χ1) is 11.3. The number of rotatable bonds is 4. The molecule has 2 aliphatic rings. The number of hydrogen-bond acceptors (Lipinski definition) is 3. The number of hydrogen-bond donors (Lipinski definition) is 1. The molecule has 1 aromatic carbocycles. The number of piperidine rings is 2. The number of nitrogens with zero attached hydrogens (tertiary/aromatic N) is 2. The number of benzene rings is 1. The Morgan fingerprint density at radius 1 is 1.04 bits per heavy atom. The molecule has 4 nitrogen and oxygen atoms in total. The van der Waals surface area contributed by atoms with E-state index in [0.29, 0.717) is 11.9 Å². The van der Waals surface area contributed by atoms with E-state index in [-0.39, 0.29) is 30.9 Å². The summed E-state index contributed by atoms with van der Waals surface area (Å²) < 4.78 is 0. The number of nitrogens with one attached hydrogen (secondary N) is 1. The van der Waals surface area contributed by atoms with Gasteiger partial charge in [-0.2, -0.15) is 0 Å². The van der Waals surface area contributed by atoms with E-state index in [1.54, 1.807) is 0 Å². The number of carbonyl (C=O) groups is 1. The topological polar surface area (TPSA) is 35.6 Å². The molecule has 0 bridgehead atoms. The fourth-order valence-electron chi connectivity index (χ4n) is 3.88. The average molecular weight is 388 g/mol.